The van der Waals surface area contributed by atoms with Gasteiger partial charge in [-0.1, -0.05) is 29.4 Å². The van der Waals surface area contributed by atoms with Crippen molar-refractivity contribution < 1.29 is 10.00 Å². The molecule has 0 saturated carbocycles. The minimum atomic E-state index is 0. The molecule has 0 atom stereocenters. The van der Waals surface area contributed by atoms with Crippen molar-refractivity contribution in [2.75, 3.05) is 0 Å². The molecule has 6 heteroatoms. The zero-order valence-electron chi connectivity index (χ0n) is 8.80. The number of hydrogen-bond acceptors (Lipinski definition) is 4. The van der Waals surface area contributed by atoms with Gasteiger partial charge in [0.05, 0.1) is 6.54 Å². The molecule has 2 aromatic rings. The van der Waals surface area contributed by atoms with Crippen molar-refractivity contribution in [1.82, 2.24) is 10.1 Å². The summed E-state index contributed by atoms with van der Waals surface area (Å²) >= 11 is 0. The van der Waals surface area contributed by atoms with Crippen molar-refractivity contribution in [3.8, 4) is 11.4 Å². The van der Waals surface area contributed by atoms with E-state index in [1.165, 1.54) is 0 Å². The smallest absolute Gasteiger partial charge is 0.240 e. The van der Waals surface area contributed by atoms with Crippen molar-refractivity contribution in [1.29, 1.82) is 0 Å². The Morgan fingerprint density at radius 1 is 1.31 bits per heavy atom. The highest BCUT2D eigenvalue weighted by atomic mass is 35.5. The lowest BCUT2D eigenvalue weighted by molar-refractivity contribution is 0.380. The zero-order valence-corrected chi connectivity index (χ0v) is 9.62. The van der Waals surface area contributed by atoms with Gasteiger partial charge in [0.15, 0.2) is 0 Å². The van der Waals surface area contributed by atoms with Crippen molar-refractivity contribution >= 4 is 12.4 Å². The van der Waals surface area contributed by atoms with E-state index in [0.717, 1.165) is 11.1 Å². The van der Waals surface area contributed by atoms with Crippen LogP contribution >= 0.6 is 12.4 Å². The lowest BCUT2D eigenvalue weighted by atomic mass is 10.1. The van der Waals surface area contributed by atoms with Crippen molar-refractivity contribution in [3.63, 3.8) is 0 Å². The van der Waals surface area contributed by atoms with E-state index in [0.29, 0.717) is 11.7 Å². The zero-order chi connectivity index (χ0) is 9.97. The summed E-state index contributed by atoms with van der Waals surface area (Å²) in [4.78, 5) is 4.16. The molecule has 2 rings (SSSR count). The monoisotopic (exact) mass is 243 g/mol. The van der Waals surface area contributed by atoms with E-state index < -0.39 is 0 Å². The second kappa shape index (κ2) is 6.22. The summed E-state index contributed by atoms with van der Waals surface area (Å²) < 4.78 is 4.94. The van der Waals surface area contributed by atoms with Crippen molar-refractivity contribution in [3.05, 3.63) is 35.7 Å². The Morgan fingerprint density at radius 2 is 2.00 bits per heavy atom. The number of halogens is 1. The van der Waals surface area contributed by atoms with Gasteiger partial charge in [-0.15, -0.1) is 12.4 Å². The summed E-state index contributed by atoms with van der Waals surface area (Å²) in [5.41, 5.74) is 7.49. The van der Waals surface area contributed by atoms with Crippen LogP contribution in [0.25, 0.3) is 11.4 Å². The summed E-state index contributed by atoms with van der Waals surface area (Å²) in [6, 6.07) is 7.89. The summed E-state index contributed by atoms with van der Waals surface area (Å²) in [5.74, 6) is 1.06. The Balaban J connectivity index is 0.00000112. The number of nitrogens with zero attached hydrogens (tertiary/aromatic N) is 2. The third-order valence-corrected chi connectivity index (χ3v) is 2.03. The largest absolute Gasteiger partial charge is 0.412 e. The predicted octanol–water partition coefficient (Wildman–Crippen LogP) is 1.10. The van der Waals surface area contributed by atoms with Gasteiger partial charge in [-0.3, -0.25) is 0 Å². The molecule has 0 aliphatic rings. The molecule has 0 radical (unpaired) electrons. The lowest BCUT2D eigenvalue weighted by Crippen LogP contribution is -1.95. The van der Waals surface area contributed by atoms with E-state index in [1.54, 1.807) is 0 Å². The predicted molar refractivity (Wildman–Crippen MR) is 63.2 cm³/mol. The number of rotatable bonds is 2. The Morgan fingerprint density at radius 3 is 2.56 bits per heavy atom. The number of benzene rings is 1. The maximum absolute atomic E-state index is 5.38. The highest BCUT2D eigenvalue weighted by molar-refractivity contribution is 5.85. The molecule has 0 unspecified atom stereocenters. The van der Waals surface area contributed by atoms with Crippen LogP contribution in [0.2, 0.25) is 0 Å². The van der Waals surface area contributed by atoms with Crippen LogP contribution in [0, 0.1) is 6.92 Å². The fourth-order valence-corrected chi connectivity index (χ4v) is 1.27. The van der Waals surface area contributed by atoms with Crippen LogP contribution in [0.5, 0.6) is 0 Å². The van der Waals surface area contributed by atoms with Crippen LogP contribution in [-0.2, 0) is 6.54 Å². The molecule has 1 heterocycles. The van der Waals surface area contributed by atoms with Crippen molar-refractivity contribution in [2.45, 2.75) is 13.5 Å². The number of aromatic nitrogens is 2. The van der Waals surface area contributed by atoms with E-state index in [1.807, 2.05) is 31.2 Å². The number of aryl methyl sites for hydroxylation is 1. The first kappa shape index (κ1) is 14.6. The van der Waals surface area contributed by atoms with Gasteiger partial charge in [0.2, 0.25) is 11.7 Å². The standard InChI is InChI=1S/C10H11N3O.ClH.H2O/c1-7-4-2-3-5-8(7)10-12-9(6-11)14-13-10;;/h2-5H,6,11H2,1H3;1H;1H2. The van der Waals surface area contributed by atoms with E-state index >= 15 is 0 Å². The molecule has 0 spiro atoms. The molecule has 88 valence electrons. The van der Waals surface area contributed by atoms with E-state index in [-0.39, 0.29) is 24.4 Å². The van der Waals surface area contributed by atoms with Gasteiger partial charge in [0, 0.05) is 5.56 Å². The van der Waals surface area contributed by atoms with Crippen molar-refractivity contribution in [2.24, 2.45) is 5.73 Å². The van der Waals surface area contributed by atoms with Crippen LogP contribution in [0.15, 0.2) is 28.8 Å². The Bertz CT molecular complexity index is 445. The Hall–Kier alpha value is -1.43. The second-order valence-corrected chi connectivity index (χ2v) is 3.03. The van der Waals surface area contributed by atoms with Gasteiger partial charge in [-0.2, -0.15) is 4.98 Å². The van der Waals surface area contributed by atoms with Gasteiger partial charge < -0.3 is 15.7 Å². The van der Waals surface area contributed by atoms with Gasteiger partial charge in [0.25, 0.3) is 0 Å². The average molecular weight is 244 g/mol. The van der Waals surface area contributed by atoms with Gasteiger partial charge in [-0.05, 0) is 12.5 Å². The fourth-order valence-electron chi connectivity index (χ4n) is 1.27. The first-order valence-corrected chi connectivity index (χ1v) is 4.40. The normalized spacial score (nSPS) is 9.12. The molecular weight excluding hydrogens is 230 g/mol. The summed E-state index contributed by atoms with van der Waals surface area (Å²) in [6.45, 7) is 2.28. The van der Waals surface area contributed by atoms with E-state index in [2.05, 4.69) is 10.1 Å². The third-order valence-electron chi connectivity index (χ3n) is 2.03. The van der Waals surface area contributed by atoms with E-state index in [9.17, 15) is 0 Å². The van der Waals surface area contributed by atoms with Gasteiger partial charge >= 0.3 is 0 Å². The topological polar surface area (TPSA) is 96.4 Å². The van der Waals surface area contributed by atoms with E-state index in [4.69, 9.17) is 10.3 Å². The van der Waals surface area contributed by atoms with Gasteiger partial charge in [-0.25, -0.2) is 0 Å². The fraction of sp³-hybridized carbons (Fsp3) is 0.200. The SMILES string of the molecule is Cc1ccccc1-c1noc(CN)n1.Cl.O. The molecule has 0 aliphatic heterocycles. The van der Waals surface area contributed by atoms with Gasteiger partial charge in [0.1, 0.15) is 0 Å². The molecule has 0 saturated heterocycles. The minimum Gasteiger partial charge on any atom is -0.412 e. The van der Waals surface area contributed by atoms with Crippen LogP contribution in [0.3, 0.4) is 0 Å². The molecule has 4 N–H and O–H groups in total. The van der Waals surface area contributed by atoms with Crippen LogP contribution in [0.1, 0.15) is 11.5 Å². The molecule has 16 heavy (non-hydrogen) atoms. The quantitative estimate of drug-likeness (QED) is 0.854. The highest BCUT2D eigenvalue weighted by Crippen LogP contribution is 2.19. The van der Waals surface area contributed by atoms with Crippen LogP contribution in [-0.4, -0.2) is 15.6 Å². The molecule has 0 bridgehead atoms. The molecule has 1 aromatic carbocycles. The average Bonchev–Trinajstić information content (AvgIpc) is 2.67. The molecule has 0 amide bonds. The third kappa shape index (κ3) is 2.79. The number of hydrogen-bond donors (Lipinski definition) is 1. The highest BCUT2D eigenvalue weighted by Gasteiger charge is 2.08. The minimum absolute atomic E-state index is 0. The maximum Gasteiger partial charge on any atom is 0.240 e. The molecular formula is C10H14ClN3O2. The molecule has 0 fully saturated rings. The Kier molecular flexibility index (Phi) is 5.66. The number of nitrogens with two attached hydrogens (primary N) is 1. The summed E-state index contributed by atoms with van der Waals surface area (Å²) in [6.07, 6.45) is 0. The lowest BCUT2D eigenvalue weighted by Gasteiger charge is -1.97. The molecule has 0 aliphatic carbocycles. The first-order valence-electron chi connectivity index (χ1n) is 4.40. The van der Waals surface area contributed by atoms with Crippen LogP contribution < -0.4 is 5.73 Å². The summed E-state index contributed by atoms with van der Waals surface area (Å²) in [5, 5.41) is 3.85. The van der Waals surface area contributed by atoms with Crippen LogP contribution in [0.4, 0.5) is 0 Å². The molecule has 5 nitrogen and oxygen atoms in total. The second-order valence-electron chi connectivity index (χ2n) is 3.03. The Labute approximate surface area is 99.4 Å². The first-order chi connectivity index (χ1) is 6.81. The summed E-state index contributed by atoms with van der Waals surface area (Å²) in [7, 11) is 0. The maximum atomic E-state index is 5.38. The molecule has 1 aromatic heterocycles.